The molecule has 1 rings (SSSR count). The summed E-state index contributed by atoms with van der Waals surface area (Å²) in [6.45, 7) is 7.39. The molecule has 0 heterocycles. The second-order valence-electron chi connectivity index (χ2n) is 5.85. The Bertz CT molecular complexity index is 644. The van der Waals surface area contributed by atoms with Crippen molar-refractivity contribution in [1.82, 2.24) is 0 Å². The predicted molar refractivity (Wildman–Crippen MR) is 102 cm³/mol. The molecular formula is C18H27O5PS. The van der Waals surface area contributed by atoms with E-state index < -0.39 is 7.60 Å². The van der Waals surface area contributed by atoms with E-state index in [1.807, 2.05) is 19.1 Å². The van der Waals surface area contributed by atoms with Gasteiger partial charge in [-0.05, 0) is 38.3 Å². The SMILES string of the molecule is CCOP(C)(=O)OCCCCCC(=O)c1ccc(C)cc1SC(C)=O. The summed E-state index contributed by atoms with van der Waals surface area (Å²) in [4.78, 5) is 24.5. The van der Waals surface area contributed by atoms with Crippen molar-refractivity contribution in [2.45, 2.75) is 51.3 Å². The molecule has 1 atom stereocenters. The van der Waals surface area contributed by atoms with Crippen LogP contribution in [0.25, 0.3) is 0 Å². The smallest absolute Gasteiger partial charge is 0.309 e. The number of carbonyl (C=O) groups is 2. The molecule has 0 fully saturated rings. The van der Waals surface area contributed by atoms with Crippen molar-refractivity contribution in [2.24, 2.45) is 0 Å². The summed E-state index contributed by atoms with van der Waals surface area (Å²) in [7, 11) is -2.93. The Morgan fingerprint density at radius 3 is 2.52 bits per heavy atom. The van der Waals surface area contributed by atoms with Crippen molar-refractivity contribution >= 4 is 30.3 Å². The zero-order chi connectivity index (χ0) is 18.9. The molecule has 0 amide bonds. The van der Waals surface area contributed by atoms with Gasteiger partial charge in [-0.15, -0.1) is 0 Å². The molecule has 1 aromatic rings. The van der Waals surface area contributed by atoms with Gasteiger partial charge >= 0.3 is 7.60 Å². The fourth-order valence-electron chi connectivity index (χ4n) is 2.30. The molecule has 0 aliphatic heterocycles. The molecule has 0 saturated carbocycles. The summed E-state index contributed by atoms with van der Waals surface area (Å²) >= 11 is 1.10. The average Bonchev–Trinajstić information content (AvgIpc) is 2.50. The molecule has 7 heteroatoms. The highest BCUT2D eigenvalue weighted by Crippen LogP contribution is 2.43. The van der Waals surface area contributed by atoms with Crippen molar-refractivity contribution in [1.29, 1.82) is 0 Å². The number of hydrogen-bond donors (Lipinski definition) is 0. The number of Topliss-reactive ketones (excluding diaryl/α,β-unsaturated/α-hetero) is 1. The first-order valence-electron chi connectivity index (χ1n) is 8.44. The van der Waals surface area contributed by atoms with Gasteiger partial charge in [0.05, 0.1) is 13.2 Å². The summed E-state index contributed by atoms with van der Waals surface area (Å²) in [6.07, 6.45) is 2.67. The molecule has 0 aliphatic carbocycles. The van der Waals surface area contributed by atoms with Gasteiger partial charge in [-0.25, -0.2) is 0 Å². The highest BCUT2D eigenvalue weighted by atomic mass is 32.2. The van der Waals surface area contributed by atoms with Gasteiger partial charge in [-0.2, -0.15) is 0 Å². The first-order valence-corrected chi connectivity index (χ1v) is 11.2. The van der Waals surface area contributed by atoms with Crippen LogP contribution >= 0.6 is 19.4 Å². The molecule has 0 bridgehead atoms. The Morgan fingerprint density at radius 2 is 1.88 bits per heavy atom. The highest BCUT2D eigenvalue weighted by molar-refractivity contribution is 8.13. The van der Waals surface area contributed by atoms with Crippen LogP contribution in [0.1, 0.15) is 55.5 Å². The zero-order valence-electron chi connectivity index (χ0n) is 15.4. The van der Waals surface area contributed by atoms with Gasteiger partial charge in [0, 0.05) is 30.5 Å². The fourth-order valence-corrected chi connectivity index (χ4v) is 4.15. The number of carbonyl (C=O) groups excluding carboxylic acids is 2. The predicted octanol–water partition coefficient (Wildman–Crippen LogP) is 5.25. The first kappa shape index (κ1) is 22.1. The van der Waals surface area contributed by atoms with Gasteiger partial charge in [0.25, 0.3) is 0 Å². The minimum absolute atomic E-state index is 0.0323. The third kappa shape index (κ3) is 8.82. The minimum Gasteiger partial charge on any atom is -0.309 e. The highest BCUT2D eigenvalue weighted by Gasteiger charge is 2.16. The Kier molecular flexibility index (Phi) is 9.65. The third-order valence-electron chi connectivity index (χ3n) is 3.43. The Labute approximate surface area is 154 Å². The summed E-state index contributed by atoms with van der Waals surface area (Å²) in [5.41, 5.74) is 1.63. The molecule has 0 spiro atoms. The van der Waals surface area contributed by atoms with E-state index in [9.17, 15) is 14.2 Å². The number of ketones is 1. The second kappa shape index (κ2) is 10.9. The standard InChI is InChI=1S/C18H27O5PS/c1-5-22-24(4,21)23-12-8-6-7-9-17(20)16-11-10-14(2)13-18(16)25-15(3)19/h10-11,13H,5-9,12H2,1-4H3. The lowest BCUT2D eigenvalue weighted by molar-refractivity contribution is -0.109. The number of unbranched alkanes of at least 4 members (excludes halogenated alkanes) is 2. The van der Waals surface area contributed by atoms with Gasteiger partial charge in [-0.3, -0.25) is 14.2 Å². The lowest BCUT2D eigenvalue weighted by Gasteiger charge is -2.12. The number of aryl methyl sites for hydroxylation is 1. The van der Waals surface area contributed by atoms with Gasteiger partial charge in [0.1, 0.15) is 0 Å². The molecule has 0 N–H and O–H groups in total. The van der Waals surface area contributed by atoms with E-state index in [-0.39, 0.29) is 10.9 Å². The number of hydrogen-bond acceptors (Lipinski definition) is 6. The van der Waals surface area contributed by atoms with Crippen LogP contribution in [0.2, 0.25) is 0 Å². The van der Waals surface area contributed by atoms with Gasteiger partial charge in [-0.1, -0.05) is 30.3 Å². The van der Waals surface area contributed by atoms with Crippen LogP contribution in [0.3, 0.4) is 0 Å². The quantitative estimate of drug-likeness (QED) is 0.224. The average molecular weight is 386 g/mol. The summed E-state index contributed by atoms with van der Waals surface area (Å²) < 4.78 is 22.0. The number of rotatable bonds is 11. The molecule has 1 unspecified atom stereocenters. The van der Waals surface area contributed by atoms with Crippen LogP contribution in [-0.4, -0.2) is 30.8 Å². The molecule has 1 aromatic carbocycles. The van der Waals surface area contributed by atoms with Crippen LogP contribution < -0.4 is 0 Å². The maximum atomic E-state index is 12.4. The van der Waals surface area contributed by atoms with Crippen LogP contribution in [-0.2, 0) is 18.4 Å². The monoisotopic (exact) mass is 386 g/mol. The van der Waals surface area contributed by atoms with Crippen molar-refractivity contribution in [2.75, 3.05) is 19.9 Å². The molecule has 0 radical (unpaired) electrons. The van der Waals surface area contributed by atoms with Gasteiger partial charge < -0.3 is 9.05 Å². The Balaban J connectivity index is 2.42. The van der Waals surface area contributed by atoms with E-state index in [0.29, 0.717) is 25.2 Å². The number of benzene rings is 1. The van der Waals surface area contributed by atoms with E-state index in [2.05, 4.69) is 0 Å². The largest absolute Gasteiger partial charge is 0.327 e. The van der Waals surface area contributed by atoms with E-state index in [4.69, 9.17) is 9.05 Å². The Morgan fingerprint density at radius 1 is 1.16 bits per heavy atom. The maximum absolute atomic E-state index is 12.4. The summed E-state index contributed by atoms with van der Waals surface area (Å²) in [5.74, 6) is 0.0418. The Hall–Kier alpha value is -0.940. The summed E-state index contributed by atoms with van der Waals surface area (Å²) in [5, 5.41) is -0.0323. The maximum Gasteiger partial charge on any atom is 0.327 e. The second-order valence-corrected chi connectivity index (χ2v) is 9.13. The first-order chi connectivity index (χ1) is 11.7. The molecular weight excluding hydrogens is 359 g/mol. The van der Waals surface area contributed by atoms with E-state index in [0.717, 1.165) is 41.5 Å². The van der Waals surface area contributed by atoms with E-state index >= 15 is 0 Å². The van der Waals surface area contributed by atoms with Crippen LogP contribution in [0, 0.1) is 6.92 Å². The third-order valence-corrected chi connectivity index (χ3v) is 5.65. The van der Waals surface area contributed by atoms with Crippen LogP contribution in [0.5, 0.6) is 0 Å². The van der Waals surface area contributed by atoms with Crippen molar-refractivity contribution in [3.8, 4) is 0 Å². The van der Waals surface area contributed by atoms with E-state index in [1.165, 1.54) is 13.6 Å². The van der Waals surface area contributed by atoms with Gasteiger partial charge in [0.2, 0.25) is 0 Å². The van der Waals surface area contributed by atoms with Crippen molar-refractivity contribution in [3.63, 3.8) is 0 Å². The molecule has 140 valence electrons. The normalized spacial score (nSPS) is 13.4. The lowest BCUT2D eigenvalue weighted by atomic mass is 10.0. The lowest BCUT2D eigenvalue weighted by Crippen LogP contribution is -2.03. The van der Waals surface area contributed by atoms with Crippen LogP contribution in [0.4, 0.5) is 0 Å². The molecule has 5 nitrogen and oxygen atoms in total. The van der Waals surface area contributed by atoms with E-state index in [1.54, 1.807) is 13.0 Å². The minimum atomic E-state index is -2.93. The molecule has 0 aliphatic rings. The molecule has 0 aromatic heterocycles. The van der Waals surface area contributed by atoms with Crippen molar-refractivity contribution in [3.05, 3.63) is 29.3 Å². The number of thioether (sulfide) groups is 1. The fraction of sp³-hybridized carbons (Fsp3) is 0.556. The zero-order valence-corrected chi connectivity index (χ0v) is 17.1. The molecule has 0 saturated heterocycles. The summed E-state index contributed by atoms with van der Waals surface area (Å²) in [6, 6.07) is 5.55. The van der Waals surface area contributed by atoms with Gasteiger partial charge in [0.15, 0.2) is 10.9 Å². The van der Waals surface area contributed by atoms with Crippen LogP contribution in [0.15, 0.2) is 23.1 Å². The van der Waals surface area contributed by atoms with Crippen molar-refractivity contribution < 1.29 is 23.2 Å². The topological polar surface area (TPSA) is 69.7 Å². The molecule has 25 heavy (non-hydrogen) atoms.